The van der Waals surface area contributed by atoms with Crippen LogP contribution in [0.4, 0.5) is 18.9 Å². The summed E-state index contributed by atoms with van der Waals surface area (Å²) in [6.07, 6.45) is -4.56. The molecular weight excluding hydrogens is 323 g/mol. The fourth-order valence-electron chi connectivity index (χ4n) is 2.27. The van der Waals surface area contributed by atoms with Crippen molar-refractivity contribution in [2.24, 2.45) is 0 Å². The lowest BCUT2D eigenvalue weighted by Crippen LogP contribution is -2.36. The molecule has 0 saturated heterocycles. The van der Waals surface area contributed by atoms with Crippen LogP contribution in [0.15, 0.2) is 30.3 Å². The number of nitrogens with one attached hydrogen (secondary N) is 1. The number of halogens is 3. The summed E-state index contributed by atoms with van der Waals surface area (Å²) < 4.78 is 44.0. The number of rotatable bonds is 6. The molecule has 1 heterocycles. The Morgan fingerprint density at radius 3 is 2.71 bits per heavy atom. The number of amides is 1. The Labute approximate surface area is 137 Å². The van der Waals surface area contributed by atoms with Crippen molar-refractivity contribution in [2.45, 2.75) is 6.18 Å². The fourth-order valence-corrected chi connectivity index (χ4v) is 2.27. The van der Waals surface area contributed by atoms with Crippen molar-refractivity contribution < 1.29 is 22.7 Å². The van der Waals surface area contributed by atoms with Crippen molar-refractivity contribution in [1.82, 2.24) is 10.3 Å². The van der Waals surface area contributed by atoms with E-state index in [2.05, 4.69) is 10.3 Å². The quantitative estimate of drug-likeness (QED) is 0.820. The predicted molar refractivity (Wildman–Crippen MR) is 84.9 cm³/mol. The van der Waals surface area contributed by atoms with Crippen molar-refractivity contribution in [3.63, 3.8) is 0 Å². The normalized spacial score (nSPS) is 11.5. The number of nitrogens with zero attached hydrogens (tertiary/aromatic N) is 2. The molecule has 8 heteroatoms. The number of ether oxygens (including phenoxy) is 1. The molecule has 1 amide bonds. The van der Waals surface area contributed by atoms with Gasteiger partial charge >= 0.3 is 6.18 Å². The summed E-state index contributed by atoms with van der Waals surface area (Å²) in [7, 11) is 3.08. The van der Waals surface area contributed by atoms with E-state index in [0.717, 1.165) is 6.07 Å². The molecule has 0 aliphatic carbocycles. The van der Waals surface area contributed by atoms with E-state index in [9.17, 15) is 18.0 Å². The number of para-hydroxylation sites is 1. The second kappa shape index (κ2) is 7.48. The van der Waals surface area contributed by atoms with Crippen LogP contribution in [0.25, 0.3) is 10.9 Å². The van der Waals surface area contributed by atoms with Crippen LogP contribution in [0.3, 0.4) is 0 Å². The third-order valence-corrected chi connectivity index (χ3v) is 3.41. The number of benzene rings is 1. The lowest BCUT2D eigenvalue weighted by molar-refractivity contribution is -0.140. The van der Waals surface area contributed by atoms with Gasteiger partial charge in [0.2, 0.25) is 5.91 Å². The summed E-state index contributed by atoms with van der Waals surface area (Å²) in [5.74, 6) is -0.302. The van der Waals surface area contributed by atoms with Gasteiger partial charge in [0, 0.05) is 31.8 Å². The maximum absolute atomic E-state index is 13.1. The molecule has 0 aliphatic heterocycles. The van der Waals surface area contributed by atoms with Crippen LogP contribution in [-0.4, -0.2) is 44.7 Å². The number of anilines is 1. The van der Waals surface area contributed by atoms with Gasteiger partial charge in [-0.3, -0.25) is 4.79 Å². The Morgan fingerprint density at radius 2 is 2.04 bits per heavy atom. The SMILES string of the molecule is COCCNC(=O)CN(C)c1cc(C(F)(F)F)nc2ccccc12. The molecule has 0 unspecified atom stereocenters. The number of carbonyl (C=O) groups excluding carboxylic acids is 1. The van der Waals surface area contributed by atoms with Crippen LogP contribution in [-0.2, 0) is 15.7 Å². The summed E-state index contributed by atoms with van der Waals surface area (Å²) in [6.45, 7) is 0.634. The summed E-state index contributed by atoms with van der Waals surface area (Å²) in [6, 6.07) is 7.49. The maximum atomic E-state index is 13.1. The first-order valence-corrected chi connectivity index (χ1v) is 7.26. The van der Waals surface area contributed by atoms with Crippen molar-refractivity contribution in [1.29, 1.82) is 0 Å². The highest BCUT2D eigenvalue weighted by atomic mass is 19.4. The van der Waals surface area contributed by atoms with E-state index in [-0.39, 0.29) is 18.0 Å². The van der Waals surface area contributed by atoms with Gasteiger partial charge in [0.1, 0.15) is 5.69 Å². The Bertz CT molecular complexity index is 719. The van der Waals surface area contributed by atoms with E-state index < -0.39 is 11.9 Å². The highest BCUT2D eigenvalue weighted by Gasteiger charge is 2.33. The molecule has 1 aromatic heterocycles. The monoisotopic (exact) mass is 341 g/mol. The number of pyridine rings is 1. The first-order chi connectivity index (χ1) is 11.3. The van der Waals surface area contributed by atoms with Crippen molar-refractivity contribution in [2.75, 3.05) is 38.8 Å². The zero-order valence-corrected chi connectivity index (χ0v) is 13.4. The number of aromatic nitrogens is 1. The number of fused-ring (bicyclic) bond motifs is 1. The van der Waals surface area contributed by atoms with Crippen LogP contribution < -0.4 is 10.2 Å². The molecule has 0 saturated carbocycles. The molecule has 5 nitrogen and oxygen atoms in total. The van der Waals surface area contributed by atoms with Crippen LogP contribution in [0.5, 0.6) is 0 Å². The Morgan fingerprint density at radius 1 is 1.33 bits per heavy atom. The van der Waals surface area contributed by atoms with Crippen LogP contribution in [0, 0.1) is 0 Å². The second-order valence-electron chi connectivity index (χ2n) is 5.24. The van der Waals surface area contributed by atoms with E-state index in [1.165, 1.54) is 18.1 Å². The predicted octanol–water partition coefficient (Wildman–Crippen LogP) is 2.45. The highest BCUT2D eigenvalue weighted by Crippen LogP contribution is 2.34. The highest BCUT2D eigenvalue weighted by molar-refractivity contribution is 5.93. The van der Waals surface area contributed by atoms with Crippen LogP contribution in [0.1, 0.15) is 5.69 Å². The van der Waals surface area contributed by atoms with Crippen molar-refractivity contribution in [3.8, 4) is 0 Å². The van der Waals surface area contributed by atoms with Crippen LogP contribution >= 0.6 is 0 Å². The minimum atomic E-state index is -4.56. The molecule has 0 bridgehead atoms. The average molecular weight is 341 g/mol. The molecule has 0 radical (unpaired) electrons. The minimum absolute atomic E-state index is 0.0744. The lowest BCUT2D eigenvalue weighted by Gasteiger charge is -2.22. The topological polar surface area (TPSA) is 54.5 Å². The van der Waals surface area contributed by atoms with Gasteiger partial charge in [-0.1, -0.05) is 18.2 Å². The molecule has 24 heavy (non-hydrogen) atoms. The van der Waals surface area contributed by atoms with E-state index in [0.29, 0.717) is 24.2 Å². The molecule has 0 aliphatic rings. The van der Waals surface area contributed by atoms with Gasteiger partial charge in [-0.2, -0.15) is 13.2 Å². The average Bonchev–Trinajstić information content (AvgIpc) is 2.53. The zero-order valence-electron chi connectivity index (χ0n) is 13.4. The maximum Gasteiger partial charge on any atom is 0.433 e. The van der Waals surface area contributed by atoms with Crippen molar-refractivity contribution >= 4 is 22.5 Å². The molecule has 2 rings (SSSR count). The van der Waals surface area contributed by atoms with Gasteiger partial charge < -0.3 is 15.0 Å². The lowest BCUT2D eigenvalue weighted by atomic mass is 10.1. The zero-order chi connectivity index (χ0) is 17.7. The van der Waals surface area contributed by atoms with Gasteiger partial charge in [0.05, 0.1) is 18.7 Å². The number of carbonyl (C=O) groups is 1. The number of methoxy groups -OCH3 is 1. The smallest absolute Gasteiger partial charge is 0.383 e. The third-order valence-electron chi connectivity index (χ3n) is 3.41. The second-order valence-corrected chi connectivity index (χ2v) is 5.24. The molecule has 0 atom stereocenters. The summed E-state index contributed by atoms with van der Waals surface area (Å²) in [5, 5.41) is 3.19. The standard InChI is InChI=1S/C16H18F3N3O2/c1-22(10-15(23)20-7-8-24-2)13-9-14(16(17,18)19)21-12-6-4-3-5-11(12)13/h3-6,9H,7-8,10H2,1-2H3,(H,20,23). The molecule has 0 fully saturated rings. The summed E-state index contributed by atoms with van der Waals surface area (Å²) in [4.78, 5) is 17.0. The van der Waals surface area contributed by atoms with E-state index in [4.69, 9.17) is 4.74 Å². The molecular formula is C16H18F3N3O2. The van der Waals surface area contributed by atoms with Gasteiger partial charge in [-0.05, 0) is 12.1 Å². The Balaban J connectivity index is 2.30. The largest absolute Gasteiger partial charge is 0.433 e. The van der Waals surface area contributed by atoms with Crippen LogP contribution in [0.2, 0.25) is 0 Å². The van der Waals surface area contributed by atoms with Gasteiger partial charge in [-0.25, -0.2) is 4.98 Å². The molecule has 1 N–H and O–H groups in total. The molecule has 0 spiro atoms. The fraction of sp³-hybridized carbons (Fsp3) is 0.375. The summed E-state index contributed by atoms with van der Waals surface area (Å²) >= 11 is 0. The Kier molecular flexibility index (Phi) is 5.61. The minimum Gasteiger partial charge on any atom is -0.383 e. The number of hydrogen-bond donors (Lipinski definition) is 1. The number of hydrogen-bond acceptors (Lipinski definition) is 4. The van der Waals surface area contributed by atoms with E-state index >= 15 is 0 Å². The molecule has 1 aromatic carbocycles. The van der Waals surface area contributed by atoms with Crippen molar-refractivity contribution in [3.05, 3.63) is 36.0 Å². The Hall–Kier alpha value is -2.35. The molecule has 130 valence electrons. The summed E-state index contributed by atoms with van der Waals surface area (Å²) in [5.41, 5.74) is -0.452. The number of likely N-dealkylation sites (N-methyl/N-ethyl adjacent to an activating group) is 1. The molecule has 2 aromatic rings. The van der Waals surface area contributed by atoms with E-state index in [1.807, 2.05) is 0 Å². The van der Waals surface area contributed by atoms with Gasteiger partial charge in [0.25, 0.3) is 0 Å². The third kappa shape index (κ3) is 4.35. The number of alkyl halides is 3. The first-order valence-electron chi connectivity index (χ1n) is 7.26. The first kappa shape index (κ1) is 18.0. The van der Waals surface area contributed by atoms with Gasteiger partial charge in [-0.15, -0.1) is 0 Å². The van der Waals surface area contributed by atoms with E-state index in [1.54, 1.807) is 25.2 Å². The van der Waals surface area contributed by atoms with Gasteiger partial charge in [0.15, 0.2) is 0 Å².